The molecule has 0 atom stereocenters. The maximum Gasteiger partial charge on any atom is 0.294 e. The van der Waals surface area contributed by atoms with E-state index >= 15 is 0 Å². The first-order chi connectivity index (χ1) is 11.8. The maximum absolute atomic E-state index is 12.4. The Hall–Kier alpha value is -2.28. The number of nitrogens with one attached hydrogen (secondary N) is 1. The minimum atomic E-state index is -0.425. The van der Waals surface area contributed by atoms with E-state index in [1.165, 1.54) is 0 Å². The van der Waals surface area contributed by atoms with Gasteiger partial charge in [-0.05, 0) is 41.5 Å². The third kappa shape index (κ3) is 5.09. The van der Waals surface area contributed by atoms with Crippen LogP contribution in [0.3, 0.4) is 0 Å². The Morgan fingerprint density at radius 3 is 2.44 bits per heavy atom. The van der Waals surface area contributed by atoms with Crippen molar-refractivity contribution in [2.45, 2.75) is 13.8 Å². The molecule has 0 unspecified atom stereocenters. The van der Waals surface area contributed by atoms with Gasteiger partial charge in [-0.2, -0.15) is 0 Å². The molecule has 0 radical (unpaired) electrons. The van der Waals surface area contributed by atoms with Gasteiger partial charge in [-0.15, -0.1) is 0 Å². The Bertz CT molecular complexity index is 696. The minimum Gasteiger partial charge on any atom is -0.378 e. The van der Waals surface area contributed by atoms with Crippen molar-refractivity contribution in [2.75, 3.05) is 32.1 Å². The standard InChI is InChI=1S/C18H23N3O3S/c1-12(2)10-19-16(22)11-21-17(23)15(25-18(21)24)9-13-5-7-14(8-6-13)20(3)4/h5-9,12H,10-11H2,1-4H3,(H,19,22)/b15-9-. The average Bonchev–Trinajstić information content (AvgIpc) is 2.81. The van der Waals surface area contributed by atoms with E-state index in [0.29, 0.717) is 17.4 Å². The minimum absolute atomic E-state index is 0.242. The van der Waals surface area contributed by atoms with E-state index in [4.69, 9.17) is 0 Å². The van der Waals surface area contributed by atoms with Crippen LogP contribution in [0, 0.1) is 5.92 Å². The number of anilines is 1. The van der Waals surface area contributed by atoms with Crippen molar-refractivity contribution in [3.63, 3.8) is 0 Å². The quantitative estimate of drug-likeness (QED) is 0.789. The molecular formula is C18H23N3O3S. The first-order valence-corrected chi connectivity index (χ1v) is 8.89. The van der Waals surface area contributed by atoms with Crippen LogP contribution in [0.25, 0.3) is 6.08 Å². The summed E-state index contributed by atoms with van der Waals surface area (Å²) in [6.07, 6.45) is 1.68. The highest BCUT2D eigenvalue weighted by Gasteiger charge is 2.36. The molecule has 1 heterocycles. The molecule has 1 saturated heterocycles. The molecule has 0 saturated carbocycles. The number of hydrogen-bond donors (Lipinski definition) is 1. The highest BCUT2D eigenvalue weighted by atomic mass is 32.2. The number of amides is 3. The second-order valence-electron chi connectivity index (χ2n) is 6.45. The number of carbonyl (C=O) groups excluding carboxylic acids is 3. The normalized spacial score (nSPS) is 16.0. The van der Waals surface area contributed by atoms with Gasteiger partial charge >= 0.3 is 0 Å². The van der Waals surface area contributed by atoms with E-state index < -0.39 is 11.1 Å². The zero-order valence-corrected chi connectivity index (χ0v) is 15.7. The number of benzene rings is 1. The van der Waals surface area contributed by atoms with Crippen molar-refractivity contribution in [2.24, 2.45) is 5.92 Å². The van der Waals surface area contributed by atoms with Gasteiger partial charge in [0.1, 0.15) is 6.54 Å². The van der Waals surface area contributed by atoms with Crippen molar-refractivity contribution in [3.8, 4) is 0 Å². The van der Waals surface area contributed by atoms with Crippen LogP contribution in [0.1, 0.15) is 19.4 Å². The van der Waals surface area contributed by atoms with E-state index in [0.717, 1.165) is 27.9 Å². The van der Waals surface area contributed by atoms with Crippen LogP contribution >= 0.6 is 11.8 Å². The van der Waals surface area contributed by atoms with E-state index in [1.807, 2.05) is 57.1 Å². The summed E-state index contributed by atoms with van der Waals surface area (Å²) in [6, 6.07) is 7.65. The molecule has 1 aromatic carbocycles. The number of rotatable bonds is 6. The second-order valence-corrected chi connectivity index (χ2v) is 7.44. The van der Waals surface area contributed by atoms with Gasteiger partial charge in [0.2, 0.25) is 5.91 Å². The Kier molecular flexibility index (Phi) is 6.25. The van der Waals surface area contributed by atoms with Gasteiger partial charge in [0, 0.05) is 26.3 Å². The molecule has 7 heteroatoms. The van der Waals surface area contributed by atoms with Crippen molar-refractivity contribution in [1.29, 1.82) is 0 Å². The predicted molar refractivity (Wildman–Crippen MR) is 101 cm³/mol. The summed E-state index contributed by atoms with van der Waals surface area (Å²) < 4.78 is 0. The highest BCUT2D eigenvalue weighted by Crippen LogP contribution is 2.32. The van der Waals surface area contributed by atoms with E-state index in [-0.39, 0.29) is 12.5 Å². The molecule has 3 amide bonds. The highest BCUT2D eigenvalue weighted by molar-refractivity contribution is 8.18. The van der Waals surface area contributed by atoms with Gasteiger partial charge in [-0.3, -0.25) is 19.3 Å². The molecule has 1 N–H and O–H groups in total. The molecule has 0 bridgehead atoms. The number of nitrogens with zero attached hydrogens (tertiary/aromatic N) is 2. The molecule has 1 aliphatic rings. The molecule has 0 spiro atoms. The lowest BCUT2D eigenvalue weighted by Crippen LogP contribution is -2.40. The lowest BCUT2D eigenvalue weighted by atomic mass is 10.2. The summed E-state index contributed by atoms with van der Waals surface area (Å²) in [7, 11) is 3.90. The molecule has 1 aromatic rings. The fourth-order valence-corrected chi connectivity index (χ4v) is 3.01. The molecule has 6 nitrogen and oxygen atoms in total. The first kappa shape index (κ1) is 19.1. The maximum atomic E-state index is 12.4. The summed E-state index contributed by atoms with van der Waals surface area (Å²) in [5, 5.41) is 2.30. The Balaban J connectivity index is 2.05. The fraction of sp³-hybridized carbons (Fsp3) is 0.389. The topological polar surface area (TPSA) is 69.7 Å². The monoisotopic (exact) mass is 361 g/mol. The third-order valence-corrected chi connectivity index (χ3v) is 4.50. The number of carbonyl (C=O) groups is 3. The SMILES string of the molecule is CC(C)CNC(=O)CN1C(=O)S/C(=C\c2ccc(N(C)C)cc2)C1=O. The van der Waals surface area contributed by atoms with Gasteiger partial charge < -0.3 is 10.2 Å². The van der Waals surface area contributed by atoms with Crippen molar-refractivity contribution in [1.82, 2.24) is 10.2 Å². The number of imide groups is 1. The van der Waals surface area contributed by atoms with Crippen LogP contribution in [0.15, 0.2) is 29.2 Å². The van der Waals surface area contributed by atoms with Gasteiger partial charge in [0.05, 0.1) is 4.91 Å². The van der Waals surface area contributed by atoms with E-state index in [1.54, 1.807) is 6.08 Å². The van der Waals surface area contributed by atoms with Crippen LogP contribution in [-0.4, -0.2) is 49.1 Å². The summed E-state index contributed by atoms with van der Waals surface area (Å²) in [5.41, 5.74) is 1.88. The summed E-state index contributed by atoms with van der Waals surface area (Å²) >= 11 is 0.862. The lowest BCUT2D eigenvalue weighted by Gasteiger charge is -2.13. The molecule has 0 aromatic heterocycles. The predicted octanol–water partition coefficient (Wildman–Crippen LogP) is 2.56. The van der Waals surface area contributed by atoms with Crippen LogP contribution in [0.4, 0.5) is 10.5 Å². The van der Waals surface area contributed by atoms with Crippen LogP contribution in [0.5, 0.6) is 0 Å². The van der Waals surface area contributed by atoms with E-state index in [9.17, 15) is 14.4 Å². The third-order valence-electron chi connectivity index (χ3n) is 3.59. The molecular weight excluding hydrogens is 338 g/mol. The molecule has 1 aliphatic heterocycles. The number of thioether (sulfide) groups is 1. The molecule has 1 fully saturated rings. The molecule has 25 heavy (non-hydrogen) atoms. The Morgan fingerprint density at radius 1 is 1.24 bits per heavy atom. The fourth-order valence-electron chi connectivity index (χ4n) is 2.17. The van der Waals surface area contributed by atoms with E-state index in [2.05, 4.69) is 5.32 Å². The van der Waals surface area contributed by atoms with Crippen molar-refractivity contribution < 1.29 is 14.4 Å². The zero-order valence-electron chi connectivity index (χ0n) is 14.9. The second kappa shape index (κ2) is 8.20. The van der Waals surface area contributed by atoms with Crippen molar-refractivity contribution >= 4 is 40.6 Å². The number of hydrogen-bond acceptors (Lipinski definition) is 5. The lowest BCUT2D eigenvalue weighted by molar-refractivity contribution is -0.129. The molecule has 134 valence electrons. The van der Waals surface area contributed by atoms with Gasteiger partial charge in [-0.25, -0.2) is 0 Å². The largest absolute Gasteiger partial charge is 0.378 e. The summed E-state index contributed by atoms with van der Waals surface area (Å²) in [6.45, 7) is 4.23. The average molecular weight is 361 g/mol. The molecule has 2 rings (SSSR count). The van der Waals surface area contributed by atoms with Crippen LogP contribution < -0.4 is 10.2 Å². The summed E-state index contributed by atoms with van der Waals surface area (Å²) in [4.78, 5) is 39.6. The van der Waals surface area contributed by atoms with Crippen LogP contribution in [-0.2, 0) is 9.59 Å². The van der Waals surface area contributed by atoms with Gasteiger partial charge in [-0.1, -0.05) is 26.0 Å². The molecule has 0 aliphatic carbocycles. The zero-order chi connectivity index (χ0) is 18.6. The Morgan fingerprint density at radius 2 is 1.88 bits per heavy atom. The van der Waals surface area contributed by atoms with Crippen LogP contribution in [0.2, 0.25) is 0 Å². The van der Waals surface area contributed by atoms with Crippen molar-refractivity contribution in [3.05, 3.63) is 34.7 Å². The smallest absolute Gasteiger partial charge is 0.294 e. The first-order valence-electron chi connectivity index (χ1n) is 8.07. The van der Waals surface area contributed by atoms with Gasteiger partial charge in [0.15, 0.2) is 0 Å². The summed E-state index contributed by atoms with van der Waals surface area (Å²) in [5.74, 6) is -0.442. The van der Waals surface area contributed by atoms with Gasteiger partial charge in [0.25, 0.3) is 11.1 Å². The Labute approximate surface area is 152 Å².